The van der Waals surface area contributed by atoms with Crippen LogP contribution >= 0.6 is 12.6 Å². The van der Waals surface area contributed by atoms with Gasteiger partial charge in [0.2, 0.25) is 0 Å². The van der Waals surface area contributed by atoms with Gasteiger partial charge in [0, 0.05) is 0 Å². The zero-order chi connectivity index (χ0) is 7.33. The lowest BCUT2D eigenvalue weighted by Crippen LogP contribution is -2.10. The van der Waals surface area contributed by atoms with Crippen molar-refractivity contribution in [2.45, 2.75) is 12.6 Å². The van der Waals surface area contributed by atoms with Crippen LogP contribution in [0.25, 0.3) is 0 Å². The fourth-order valence-corrected chi connectivity index (χ4v) is 0.365. The number of hydrogen-bond acceptors (Lipinski definition) is 1. The maximum Gasteiger partial charge on any atom is 0.391 e. The smallest absolute Gasteiger partial charge is 0.370 e. The Morgan fingerprint density at radius 2 is 1.89 bits per heavy atom. The summed E-state index contributed by atoms with van der Waals surface area (Å²) in [5.41, 5.74) is 0. The van der Waals surface area contributed by atoms with Gasteiger partial charge in [-0.25, -0.2) is 0 Å². The first kappa shape index (κ1) is 9.10. The van der Waals surface area contributed by atoms with E-state index in [0.717, 1.165) is 0 Å². The van der Waals surface area contributed by atoms with Gasteiger partial charge in [-0.3, -0.25) is 0 Å². The molecule has 0 aromatic heterocycles. The monoisotopic (exact) mass is 159 g/mol. The Balaban J connectivity index is 3.07. The van der Waals surface area contributed by atoms with E-state index in [-0.39, 0.29) is 12.5 Å². The van der Waals surface area contributed by atoms with Gasteiger partial charge in [0.25, 0.3) is 0 Å². The molecule has 0 amide bonds. The van der Waals surface area contributed by atoms with Crippen molar-refractivity contribution in [2.24, 2.45) is 0 Å². The predicted octanol–water partition coefficient (Wildman–Crippen LogP) is 2.11. The van der Waals surface area contributed by atoms with Crippen LogP contribution in [0.2, 0.25) is 0 Å². The molecule has 0 N–H and O–H groups in total. The van der Waals surface area contributed by atoms with E-state index in [0.29, 0.717) is 0 Å². The molecule has 0 aliphatic heterocycles. The number of rotatable bonds is 3. The Morgan fingerprint density at radius 1 is 1.33 bits per heavy atom. The lowest BCUT2D eigenvalue weighted by molar-refractivity contribution is -0.143. The van der Waals surface area contributed by atoms with E-state index >= 15 is 0 Å². The first-order valence-electron chi connectivity index (χ1n) is 2.29. The molecule has 0 aliphatic rings. The van der Waals surface area contributed by atoms with Crippen LogP contribution in [0.1, 0.15) is 6.42 Å². The summed E-state index contributed by atoms with van der Waals surface area (Å²) >= 11 is 4.25. The molecule has 0 saturated carbocycles. The molecule has 9 heavy (non-hydrogen) atoms. The second-order valence-corrected chi connectivity index (χ2v) is 1.63. The molecular weight excluding hydrogens is 153 g/mol. The van der Waals surface area contributed by atoms with Crippen LogP contribution in [-0.2, 0) is 4.74 Å². The number of halogens is 3. The fraction of sp³-hybridized carbons (Fsp3) is 1.00. The minimum Gasteiger partial charge on any atom is -0.370 e. The first-order valence-corrected chi connectivity index (χ1v) is 2.86. The van der Waals surface area contributed by atoms with Crippen molar-refractivity contribution in [3.63, 3.8) is 0 Å². The molecule has 0 bridgehead atoms. The van der Waals surface area contributed by atoms with Gasteiger partial charge in [-0.05, 0) is 0 Å². The average molecular weight is 159 g/mol. The van der Waals surface area contributed by atoms with E-state index in [4.69, 9.17) is 0 Å². The van der Waals surface area contributed by atoms with Crippen molar-refractivity contribution < 1.29 is 17.9 Å². The summed E-state index contributed by atoms with van der Waals surface area (Å²) in [6.45, 7) is -0.326. The summed E-state index contributed by atoms with van der Waals surface area (Å²) in [4.78, 5) is 0. The third-order valence-electron chi connectivity index (χ3n) is 0.613. The molecule has 5 heteroatoms. The highest BCUT2D eigenvalue weighted by Gasteiger charge is 2.26. The van der Waals surface area contributed by atoms with Gasteiger partial charge >= 0.3 is 6.18 Å². The van der Waals surface area contributed by atoms with E-state index in [1.807, 2.05) is 0 Å². The fourth-order valence-electron chi connectivity index (χ4n) is 0.247. The molecule has 0 aliphatic carbocycles. The summed E-state index contributed by atoms with van der Waals surface area (Å²) < 4.78 is 38.1. The Labute approximate surface area is 56.6 Å². The standard InChI is InChI=1S/C4H6F3OS/c5-4(6,7)1-2-8-3-9/h1-3H2. The highest BCUT2D eigenvalue weighted by atomic mass is 32.1. The summed E-state index contributed by atoms with van der Waals surface area (Å²) in [6.07, 6.45) is -5.03. The zero-order valence-electron chi connectivity index (χ0n) is 4.57. The number of ether oxygens (including phenoxy) is 1. The SMILES string of the molecule is FC(F)(F)CCOC[S]. The normalized spacial score (nSPS) is 12.0. The molecular formula is C4H6F3OS. The summed E-state index contributed by atoms with van der Waals surface area (Å²) in [5, 5.41) is 0. The second-order valence-electron chi connectivity index (χ2n) is 1.39. The third-order valence-corrected chi connectivity index (χ3v) is 0.780. The minimum atomic E-state index is -4.12. The quantitative estimate of drug-likeness (QED) is 0.573. The van der Waals surface area contributed by atoms with Gasteiger partial charge in [-0.2, -0.15) is 13.2 Å². The maximum atomic E-state index is 11.3. The maximum absolute atomic E-state index is 11.3. The van der Waals surface area contributed by atoms with Crippen LogP contribution in [-0.4, -0.2) is 18.7 Å². The molecule has 1 nitrogen and oxygen atoms in total. The average Bonchev–Trinajstić information content (AvgIpc) is 1.63. The molecule has 0 fully saturated rings. The molecule has 0 unspecified atom stereocenters. The molecule has 0 aromatic rings. The van der Waals surface area contributed by atoms with Crippen LogP contribution in [0.3, 0.4) is 0 Å². The molecule has 0 aromatic carbocycles. The minimum absolute atomic E-state index is 0.0733. The van der Waals surface area contributed by atoms with Gasteiger partial charge in [0.15, 0.2) is 0 Å². The van der Waals surface area contributed by atoms with Crippen LogP contribution < -0.4 is 0 Å². The van der Waals surface area contributed by atoms with Crippen LogP contribution in [0.4, 0.5) is 13.2 Å². The predicted molar refractivity (Wildman–Crippen MR) is 29.1 cm³/mol. The molecule has 1 radical (unpaired) electrons. The van der Waals surface area contributed by atoms with Gasteiger partial charge in [0.05, 0.1) is 13.0 Å². The van der Waals surface area contributed by atoms with Crippen molar-refractivity contribution >= 4 is 12.6 Å². The first-order chi connectivity index (χ1) is 4.06. The van der Waals surface area contributed by atoms with Crippen molar-refractivity contribution in [3.8, 4) is 0 Å². The van der Waals surface area contributed by atoms with Crippen molar-refractivity contribution in [1.29, 1.82) is 0 Å². The second kappa shape index (κ2) is 4.00. The summed E-state index contributed by atoms with van der Waals surface area (Å²) in [5.74, 6) is -0.0733. The Morgan fingerprint density at radius 3 is 2.22 bits per heavy atom. The van der Waals surface area contributed by atoms with Crippen molar-refractivity contribution in [1.82, 2.24) is 0 Å². The van der Waals surface area contributed by atoms with Crippen molar-refractivity contribution in [2.75, 3.05) is 12.5 Å². The molecule has 0 atom stereocenters. The topological polar surface area (TPSA) is 9.23 Å². The van der Waals surface area contributed by atoms with E-state index in [1.54, 1.807) is 0 Å². The number of alkyl halides is 3. The molecule has 0 rings (SSSR count). The van der Waals surface area contributed by atoms with Crippen LogP contribution in [0, 0.1) is 0 Å². The number of hydrogen-bond donors (Lipinski definition) is 0. The lowest BCUT2D eigenvalue weighted by atomic mass is 10.4. The van der Waals surface area contributed by atoms with Gasteiger partial charge in [-0.1, -0.05) is 12.6 Å². The third kappa shape index (κ3) is 8.10. The van der Waals surface area contributed by atoms with E-state index in [9.17, 15) is 13.2 Å². The Kier molecular flexibility index (Phi) is 4.05. The molecule has 0 spiro atoms. The van der Waals surface area contributed by atoms with E-state index < -0.39 is 12.6 Å². The van der Waals surface area contributed by atoms with E-state index in [2.05, 4.69) is 17.4 Å². The summed E-state index contributed by atoms with van der Waals surface area (Å²) in [7, 11) is 0. The van der Waals surface area contributed by atoms with Gasteiger partial charge < -0.3 is 4.74 Å². The Bertz CT molecular complexity index is 72.7. The van der Waals surface area contributed by atoms with Crippen LogP contribution in [0.5, 0.6) is 0 Å². The molecule has 55 valence electrons. The van der Waals surface area contributed by atoms with Crippen LogP contribution in [0.15, 0.2) is 0 Å². The Hall–Kier alpha value is 0.100. The highest BCUT2D eigenvalue weighted by Crippen LogP contribution is 2.18. The highest BCUT2D eigenvalue weighted by molar-refractivity contribution is 7.80. The largest absolute Gasteiger partial charge is 0.391 e. The molecule has 0 heterocycles. The van der Waals surface area contributed by atoms with Gasteiger partial charge in [0.1, 0.15) is 5.94 Å². The van der Waals surface area contributed by atoms with E-state index in [1.165, 1.54) is 0 Å². The van der Waals surface area contributed by atoms with Crippen molar-refractivity contribution in [3.05, 3.63) is 0 Å². The molecule has 0 saturated heterocycles. The van der Waals surface area contributed by atoms with Gasteiger partial charge in [-0.15, -0.1) is 0 Å². The lowest BCUT2D eigenvalue weighted by Gasteiger charge is -2.03. The summed E-state index contributed by atoms with van der Waals surface area (Å²) in [6, 6.07) is 0. The zero-order valence-corrected chi connectivity index (χ0v) is 5.39.